The highest BCUT2D eigenvalue weighted by Crippen LogP contribution is 2.35. The van der Waals surface area contributed by atoms with Gasteiger partial charge in [-0.25, -0.2) is 0 Å². The number of hydrogen-bond acceptors (Lipinski definition) is 5. The molecule has 1 aliphatic rings. The summed E-state index contributed by atoms with van der Waals surface area (Å²) < 4.78 is 45.6. The monoisotopic (exact) mass is 498 g/mol. The van der Waals surface area contributed by atoms with E-state index in [0.29, 0.717) is 54.2 Å². The van der Waals surface area contributed by atoms with E-state index in [0.717, 1.165) is 11.6 Å². The van der Waals surface area contributed by atoms with Crippen molar-refractivity contribution in [3.63, 3.8) is 0 Å². The molecule has 2 heterocycles. The predicted molar refractivity (Wildman–Crippen MR) is 128 cm³/mol. The molecule has 1 aliphatic heterocycles. The Morgan fingerprint density at radius 1 is 0.829 bits per heavy atom. The lowest BCUT2D eigenvalue weighted by Gasteiger charge is -2.39. The molecule has 180 valence electrons. The molecule has 0 saturated carbocycles. The quantitative estimate of drug-likeness (QED) is 0.322. The first-order valence-corrected chi connectivity index (χ1v) is 11.6. The van der Waals surface area contributed by atoms with Crippen molar-refractivity contribution in [1.29, 1.82) is 0 Å². The Kier molecular flexibility index (Phi) is 6.49. The summed E-state index contributed by atoms with van der Waals surface area (Å²) in [6.07, 6.45) is -4.37. The minimum Gasteiger partial charge on any atom is -0.419 e. The minimum atomic E-state index is -4.37. The zero-order valence-electron chi connectivity index (χ0n) is 18.6. The number of alkyl halides is 3. The normalized spacial score (nSPS) is 15.8. The molecule has 1 fully saturated rings. The lowest BCUT2D eigenvalue weighted by molar-refractivity contribution is -0.137. The fraction of sp³-hybridized carbons (Fsp3) is 0.231. The van der Waals surface area contributed by atoms with Gasteiger partial charge in [-0.05, 0) is 35.9 Å². The van der Waals surface area contributed by atoms with E-state index in [1.54, 1.807) is 12.1 Å². The fourth-order valence-corrected chi connectivity index (χ4v) is 4.57. The summed E-state index contributed by atoms with van der Waals surface area (Å²) in [7, 11) is 0. The van der Waals surface area contributed by atoms with Crippen LogP contribution in [0, 0.1) is 0 Å². The van der Waals surface area contributed by atoms with Crippen molar-refractivity contribution in [1.82, 2.24) is 15.1 Å². The van der Waals surface area contributed by atoms with Crippen LogP contribution in [0.1, 0.15) is 23.1 Å². The van der Waals surface area contributed by atoms with Gasteiger partial charge in [0.2, 0.25) is 11.8 Å². The average molecular weight is 499 g/mol. The number of aromatic nitrogens is 2. The molecular formula is C26H22ClF3N4O. The highest BCUT2D eigenvalue weighted by atomic mass is 35.5. The van der Waals surface area contributed by atoms with Crippen LogP contribution in [0.15, 0.2) is 83.3 Å². The Morgan fingerprint density at radius 3 is 2.26 bits per heavy atom. The smallest absolute Gasteiger partial charge is 0.416 e. The lowest BCUT2D eigenvalue weighted by Crippen LogP contribution is -2.48. The molecule has 0 spiro atoms. The third-order valence-electron chi connectivity index (χ3n) is 6.11. The highest BCUT2D eigenvalue weighted by molar-refractivity contribution is 6.33. The summed E-state index contributed by atoms with van der Waals surface area (Å²) in [6, 6.07) is 22.3. The zero-order chi connectivity index (χ0) is 24.4. The van der Waals surface area contributed by atoms with E-state index in [2.05, 4.69) is 15.1 Å². The Hall–Kier alpha value is -3.36. The first-order chi connectivity index (χ1) is 16.9. The molecule has 0 aliphatic carbocycles. The van der Waals surface area contributed by atoms with Crippen LogP contribution in [-0.4, -0.2) is 41.3 Å². The van der Waals surface area contributed by atoms with Gasteiger partial charge in [-0.3, -0.25) is 4.90 Å². The molecule has 1 saturated heterocycles. The van der Waals surface area contributed by atoms with Gasteiger partial charge < -0.3 is 9.32 Å². The van der Waals surface area contributed by atoms with Crippen molar-refractivity contribution >= 4 is 17.3 Å². The Balaban J connectivity index is 1.39. The minimum absolute atomic E-state index is 0.288. The third-order valence-corrected chi connectivity index (χ3v) is 6.44. The van der Waals surface area contributed by atoms with Crippen LogP contribution in [0.25, 0.3) is 11.5 Å². The number of benzene rings is 3. The molecular weight excluding hydrogens is 477 g/mol. The van der Waals surface area contributed by atoms with Gasteiger partial charge in [0.15, 0.2) is 0 Å². The number of hydrogen-bond donors (Lipinski definition) is 0. The summed E-state index contributed by atoms with van der Waals surface area (Å²) in [5.74, 6) is 0.785. The third kappa shape index (κ3) is 5.04. The van der Waals surface area contributed by atoms with Crippen LogP contribution in [-0.2, 0) is 6.18 Å². The van der Waals surface area contributed by atoms with Crippen LogP contribution in [0.2, 0.25) is 5.02 Å². The molecule has 3 aromatic carbocycles. The molecule has 5 nitrogen and oxygen atoms in total. The van der Waals surface area contributed by atoms with Crippen molar-refractivity contribution in [2.45, 2.75) is 12.2 Å². The summed E-state index contributed by atoms with van der Waals surface area (Å²) in [5, 5.41) is 9.11. The van der Waals surface area contributed by atoms with Crippen molar-refractivity contribution in [3.8, 4) is 11.5 Å². The molecule has 0 bridgehead atoms. The van der Waals surface area contributed by atoms with Gasteiger partial charge in [0.1, 0.15) is 6.04 Å². The highest BCUT2D eigenvalue weighted by Gasteiger charge is 2.33. The van der Waals surface area contributed by atoms with Gasteiger partial charge in [-0.1, -0.05) is 60.1 Å². The maximum Gasteiger partial charge on any atom is 0.416 e. The van der Waals surface area contributed by atoms with E-state index in [-0.39, 0.29) is 6.04 Å². The van der Waals surface area contributed by atoms with Crippen molar-refractivity contribution in [3.05, 3.63) is 101 Å². The molecule has 35 heavy (non-hydrogen) atoms. The molecule has 5 rings (SSSR count). The van der Waals surface area contributed by atoms with Crippen molar-refractivity contribution in [2.75, 3.05) is 31.1 Å². The number of anilines is 1. The number of rotatable bonds is 5. The van der Waals surface area contributed by atoms with E-state index in [1.807, 2.05) is 53.4 Å². The first-order valence-electron chi connectivity index (χ1n) is 11.2. The topological polar surface area (TPSA) is 45.4 Å². The Bertz CT molecular complexity index is 1290. The average Bonchev–Trinajstić information content (AvgIpc) is 3.34. The number of piperazine rings is 1. The van der Waals surface area contributed by atoms with Crippen LogP contribution >= 0.6 is 11.6 Å². The second kappa shape index (κ2) is 9.71. The molecule has 1 unspecified atom stereocenters. The number of halogens is 4. The standard InChI is InChI=1S/C26H22ClF3N4O/c27-22-12-5-4-11-21(22)24-31-32-25(35-24)23(18-7-2-1-3-8-18)34-15-13-33(14-16-34)20-10-6-9-19(17-20)26(28,29)30/h1-12,17,23H,13-16H2. The molecule has 0 amide bonds. The van der Waals surface area contributed by atoms with Crippen molar-refractivity contribution < 1.29 is 17.6 Å². The lowest BCUT2D eigenvalue weighted by atomic mass is 10.0. The van der Waals surface area contributed by atoms with Crippen LogP contribution in [0.4, 0.5) is 18.9 Å². The van der Waals surface area contributed by atoms with Gasteiger partial charge in [0.05, 0.1) is 16.1 Å². The van der Waals surface area contributed by atoms with Gasteiger partial charge in [-0.2, -0.15) is 13.2 Å². The fourth-order valence-electron chi connectivity index (χ4n) is 4.35. The number of nitrogens with zero attached hydrogens (tertiary/aromatic N) is 4. The van der Waals surface area contributed by atoms with Gasteiger partial charge in [0.25, 0.3) is 0 Å². The summed E-state index contributed by atoms with van der Waals surface area (Å²) in [4.78, 5) is 4.18. The summed E-state index contributed by atoms with van der Waals surface area (Å²) in [6.45, 7) is 2.35. The Morgan fingerprint density at radius 2 is 1.54 bits per heavy atom. The molecule has 4 aromatic rings. The maximum atomic E-state index is 13.2. The van der Waals surface area contributed by atoms with E-state index >= 15 is 0 Å². The van der Waals surface area contributed by atoms with Gasteiger partial charge in [0, 0.05) is 31.9 Å². The SMILES string of the molecule is FC(F)(F)c1cccc(N2CCN(C(c3ccccc3)c3nnc(-c4ccccc4Cl)o3)CC2)c1. The maximum absolute atomic E-state index is 13.2. The van der Waals surface area contributed by atoms with Crippen molar-refractivity contribution in [2.24, 2.45) is 0 Å². The van der Waals surface area contributed by atoms with Crippen LogP contribution in [0.3, 0.4) is 0 Å². The molecule has 1 aromatic heterocycles. The summed E-state index contributed by atoms with van der Waals surface area (Å²) >= 11 is 6.31. The Labute approximate surface area is 205 Å². The van der Waals surface area contributed by atoms with E-state index in [1.165, 1.54) is 12.1 Å². The van der Waals surface area contributed by atoms with E-state index in [9.17, 15) is 13.2 Å². The van der Waals surface area contributed by atoms with Gasteiger partial charge >= 0.3 is 6.18 Å². The van der Waals surface area contributed by atoms with Crippen LogP contribution < -0.4 is 4.90 Å². The first kappa shape index (κ1) is 23.4. The molecule has 0 N–H and O–H groups in total. The molecule has 1 atom stereocenters. The van der Waals surface area contributed by atoms with E-state index in [4.69, 9.17) is 16.0 Å². The zero-order valence-corrected chi connectivity index (χ0v) is 19.4. The van der Waals surface area contributed by atoms with Gasteiger partial charge in [-0.15, -0.1) is 10.2 Å². The largest absolute Gasteiger partial charge is 0.419 e. The summed E-state index contributed by atoms with van der Waals surface area (Å²) in [5.41, 5.74) is 1.58. The molecule has 9 heteroatoms. The van der Waals surface area contributed by atoms with E-state index < -0.39 is 11.7 Å². The second-order valence-electron chi connectivity index (χ2n) is 8.31. The predicted octanol–water partition coefficient (Wildman–Crippen LogP) is 6.32. The second-order valence-corrected chi connectivity index (χ2v) is 8.72. The van der Waals surface area contributed by atoms with Crippen LogP contribution in [0.5, 0.6) is 0 Å². The molecule has 0 radical (unpaired) electrons.